The van der Waals surface area contributed by atoms with Gasteiger partial charge in [-0.2, -0.15) is 0 Å². The number of phenols is 1. The minimum absolute atomic E-state index is 0.0117. The third kappa shape index (κ3) is 17.4. The fourth-order valence-electron chi connectivity index (χ4n) is 8.21. The third-order valence-corrected chi connectivity index (χ3v) is 12.5. The molecule has 9 amide bonds. The number of aliphatic hydroxyl groups excluding tert-OH is 3. The number of unbranched alkanes of at least 4 members (excludes halogenated alkanes) is 3. The van der Waals surface area contributed by atoms with Crippen molar-refractivity contribution >= 4 is 69.9 Å². The molecule has 2 saturated heterocycles. The number of rotatable bonds is 16. The number of phenolic OH excluding ortho intramolecular Hbond substituents is 1. The van der Waals surface area contributed by atoms with Crippen molar-refractivity contribution < 1.29 is 63.6 Å². The largest absolute Gasteiger partial charge is 0.508 e. The number of aromatic hydroxyl groups is 1. The maximum absolute atomic E-state index is 14.5. The average Bonchev–Trinajstić information content (AvgIpc) is 4.00. The molecule has 0 saturated carbocycles. The highest BCUT2D eigenvalue weighted by molar-refractivity contribution is 5.99. The molecule has 0 spiro atoms. The Bertz CT molecular complexity index is 2160. The summed E-state index contributed by atoms with van der Waals surface area (Å²) in [7, 11) is 2.60. The lowest BCUT2D eigenvalue weighted by atomic mass is 9.93. The number of anilines is 1. The minimum Gasteiger partial charge on any atom is -0.508 e. The Labute approximate surface area is 412 Å². The number of aromatic nitrogens is 1. The lowest BCUT2D eigenvalue weighted by Gasteiger charge is -2.32. The lowest BCUT2D eigenvalue weighted by molar-refractivity contribution is -0.143. The van der Waals surface area contributed by atoms with E-state index in [1.165, 1.54) is 19.1 Å². The number of nitrogens with two attached hydrogens (primary N) is 1. The van der Waals surface area contributed by atoms with Gasteiger partial charge < -0.3 is 83.9 Å². The zero-order valence-electron chi connectivity index (χ0n) is 41.2. The molecule has 71 heavy (non-hydrogen) atoms. The van der Waals surface area contributed by atoms with Crippen LogP contribution in [0.15, 0.2) is 18.2 Å². The van der Waals surface area contributed by atoms with Crippen molar-refractivity contribution in [3.63, 3.8) is 0 Å². The normalized spacial score (nSPS) is 22.6. The molecule has 2 aromatic rings. The van der Waals surface area contributed by atoms with Crippen LogP contribution in [0.5, 0.6) is 5.75 Å². The first-order valence-corrected chi connectivity index (χ1v) is 24.0. The number of carbonyl (C=O) groups is 9. The fourth-order valence-corrected chi connectivity index (χ4v) is 8.21. The van der Waals surface area contributed by atoms with E-state index in [-0.39, 0.29) is 31.7 Å². The minimum atomic E-state index is -1.64. The highest BCUT2D eigenvalue weighted by atomic mass is 16.3. The van der Waals surface area contributed by atoms with Gasteiger partial charge in [0.25, 0.3) is 0 Å². The Balaban J connectivity index is 0.00000657. The van der Waals surface area contributed by atoms with Crippen molar-refractivity contribution in [2.45, 2.75) is 115 Å². The standard InChI is InChI=1S/C45H70N12O12.CH4O/c1-5-24(2)38-43(67)51-20-35(62)49-21-36(63)52-31(19-34(61)48-15-9-7-6-8-14-46)45(69)57-16-10-11-32(57)42(66)56-39(25(3)33(60)23-58)44(68)54-30(41(65)50-22-37(64)55-38)18-28-27-13-12-26(59)17-29(27)53-40(28)47-4;1-2/h12-13,17,24-25,30-33,38-39,47,53,58-60H,5-11,14-16,18-23,46H2,1-4H3,(H,48,61)(H,49,62)(H,50,65)(H,51,67)(H,52,63)(H,54,68)(H,55,64)(H,56,66);2H,1H3/t24?,25-,30?,31?,32?,33?,38?,39?;/m0./s1. The molecular weight excluding hydrogens is 929 g/mol. The highest BCUT2D eigenvalue weighted by Gasteiger charge is 2.42. The number of aromatic amines is 1. The van der Waals surface area contributed by atoms with E-state index in [0.717, 1.165) is 31.3 Å². The molecule has 2 fully saturated rings. The summed E-state index contributed by atoms with van der Waals surface area (Å²) in [5.41, 5.74) is 6.52. The van der Waals surface area contributed by atoms with Crippen LogP contribution in [0, 0.1) is 11.8 Å². The van der Waals surface area contributed by atoms with Gasteiger partial charge in [-0.25, -0.2) is 0 Å². The van der Waals surface area contributed by atoms with E-state index < -0.39 is 134 Å². The van der Waals surface area contributed by atoms with E-state index in [1.54, 1.807) is 27.0 Å². The molecule has 7 unspecified atom stereocenters. The van der Waals surface area contributed by atoms with Gasteiger partial charge in [-0.3, -0.25) is 43.2 Å². The highest BCUT2D eigenvalue weighted by Crippen LogP contribution is 2.30. The summed E-state index contributed by atoms with van der Waals surface area (Å²) in [6, 6.07) is -2.60. The van der Waals surface area contributed by atoms with E-state index in [9.17, 15) is 58.5 Å². The van der Waals surface area contributed by atoms with Gasteiger partial charge in [0.05, 0.1) is 44.3 Å². The summed E-state index contributed by atoms with van der Waals surface area (Å²) in [4.78, 5) is 128. The van der Waals surface area contributed by atoms with Crippen LogP contribution in [0.1, 0.15) is 77.7 Å². The smallest absolute Gasteiger partial charge is 0.246 e. The number of nitrogens with one attached hydrogen (secondary N) is 10. The van der Waals surface area contributed by atoms with Crippen LogP contribution in [-0.4, -0.2) is 180 Å². The first-order chi connectivity index (χ1) is 33.9. The summed E-state index contributed by atoms with van der Waals surface area (Å²) >= 11 is 0. The molecule has 25 nitrogen and oxygen atoms in total. The second-order valence-corrected chi connectivity index (χ2v) is 17.5. The van der Waals surface area contributed by atoms with Crippen molar-refractivity contribution in [3.05, 3.63) is 23.8 Å². The number of carbonyl (C=O) groups excluding carboxylic acids is 9. The lowest BCUT2D eigenvalue weighted by Crippen LogP contribution is -2.61. The monoisotopic (exact) mass is 1000 g/mol. The molecule has 16 N–H and O–H groups in total. The molecule has 396 valence electrons. The second kappa shape index (κ2) is 29.6. The second-order valence-electron chi connectivity index (χ2n) is 17.5. The number of fused-ring (bicyclic) bond motifs is 2. The van der Waals surface area contributed by atoms with E-state index in [2.05, 4.69) is 52.8 Å². The van der Waals surface area contributed by atoms with Gasteiger partial charge in [0.15, 0.2) is 0 Å². The third-order valence-electron chi connectivity index (χ3n) is 12.5. The summed E-state index contributed by atoms with van der Waals surface area (Å²) in [5, 5.41) is 61.9. The van der Waals surface area contributed by atoms with Crippen LogP contribution < -0.4 is 53.6 Å². The first kappa shape index (κ1) is 58.7. The average molecular weight is 1000 g/mol. The predicted octanol–water partition coefficient (Wildman–Crippen LogP) is -3.58. The van der Waals surface area contributed by atoms with Gasteiger partial charge in [0, 0.05) is 56.6 Å². The van der Waals surface area contributed by atoms with E-state index in [4.69, 9.17) is 10.8 Å². The Morgan fingerprint density at radius 2 is 1.48 bits per heavy atom. The number of nitrogens with zero attached hydrogens (tertiary/aromatic N) is 1. The molecule has 2 aliphatic heterocycles. The number of hydrogen-bond donors (Lipinski definition) is 15. The molecule has 0 aliphatic carbocycles. The molecule has 0 bridgehead atoms. The molecular formula is C46H74N12O13. The van der Waals surface area contributed by atoms with Gasteiger partial charge in [-0.05, 0) is 50.3 Å². The summed E-state index contributed by atoms with van der Waals surface area (Å²) < 4.78 is 0. The van der Waals surface area contributed by atoms with Crippen LogP contribution in [-0.2, 0) is 49.6 Å². The van der Waals surface area contributed by atoms with Crippen LogP contribution in [0.3, 0.4) is 0 Å². The van der Waals surface area contributed by atoms with Gasteiger partial charge in [-0.15, -0.1) is 0 Å². The van der Waals surface area contributed by atoms with Crippen molar-refractivity contribution in [2.75, 3.05) is 65.3 Å². The maximum atomic E-state index is 14.5. The zero-order chi connectivity index (χ0) is 52.8. The van der Waals surface area contributed by atoms with Crippen LogP contribution in [0.25, 0.3) is 10.9 Å². The number of hydrogen-bond acceptors (Lipinski definition) is 15. The Hall–Kier alpha value is -6.57. The molecule has 0 radical (unpaired) electrons. The van der Waals surface area contributed by atoms with Gasteiger partial charge in [-0.1, -0.05) is 40.0 Å². The molecule has 3 heterocycles. The van der Waals surface area contributed by atoms with Gasteiger partial charge in [0.2, 0.25) is 53.2 Å². The zero-order valence-corrected chi connectivity index (χ0v) is 41.2. The van der Waals surface area contributed by atoms with Crippen LogP contribution >= 0.6 is 0 Å². The molecule has 1 aromatic carbocycles. The number of benzene rings is 1. The van der Waals surface area contributed by atoms with Crippen LogP contribution in [0.4, 0.5) is 5.82 Å². The van der Waals surface area contributed by atoms with Gasteiger partial charge >= 0.3 is 0 Å². The molecule has 8 atom stereocenters. The summed E-state index contributed by atoms with van der Waals surface area (Å²) in [6.07, 6.45) is 1.56. The van der Waals surface area contributed by atoms with Crippen molar-refractivity contribution in [1.82, 2.24) is 52.4 Å². The predicted molar refractivity (Wildman–Crippen MR) is 260 cm³/mol. The van der Waals surface area contributed by atoms with Gasteiger partial charge in [0.1, 0.15) is 41.8 Å². The topological polar surface area (TPSA) is 388 Å². The molecule has 25 heteroatoms. The number of aliphatic hydroxyl groups is 3. The van der Waals surface area contributed by atoms with E-state index >= 15 is 0 Å². The Kier molecular flexibility index (Phi) is 24.5. The fraction of sp³-hybridized carbons (Fsp3) is 0.630. The SMILES string of the molecule is CCC(C)C1NC(=O)CNC(=O)C(Cc2c(NC)[nH]c3cc(O)ccc23)NC(=O)C([C@@H](C)C(O)CO)NC(=O)C2CCCN2C(=O)C(CC(=O)NCCCCCCN)NC(=O)CNC(=O)CNC1=O.CO. The quantitative estimate of drug-likeness (QED) is 0.0724. The van der Waals surface area contributed by atoms with Crippen molar-refractivity contribution in [1.29, 1.82) is 0 Å². The number of amides is 9. The Morgan fingerprint density at radius 3 is 2.15 bits per heavy atom. The molecule has 1 aromatic heterocycles. The molecule has 2 aliphatic rings. The van der Waals surface area contributed by atoms with Crippen molar-refractivity contribution in [3.8, 4) is 5.75 Å². The molecule has 4 rings (SSSR count). The summed E-state index contributed by atoms with van der Waals surface area (Å²) in [5.74, 6) is -8.59. The number of H-pyrrole nitrogens is 1. The van der Waals surface area contributed by atoms with Crippen LogP contribution in [0.2, 0.25) is 0 Å². The van der Waals surface area contributed by atoms with Crippen molar-refractivity contribution in [2.24, 2.45) is 17.6 Å². The Morgan fingerprint density at radius 1 is 0.817 bits per heavy atom. The summed E-state index contributed by atoms with van der Waals surface area (Å²) in [6.45, 7) is 2.89. The van der Waals surface area contributed by atoms with E-state index in [1.807, 2.05) is 0 Å². The van der Waals surface area contributed by atoms with E-state index in [0.29, 0.717) is 48.1 Å². The maximum Gasteiger partial charge on any atom is 0.246 e. The first-order valence-electron chi connectivity index (χ1n) is 24.0.